The van der Waals surface area contributed by atoms with E-state index in [-0.39, 0.29) is 24.8 Å². The van der Waals surface area contributed by atoms with Crippen LogP contribution in [-0.2, 0) is 9.59 Å². The van der Waals surface area contributed by atoms with Crippen LogP contribution in [0.3, 0.4) is 0 Å². The molecule has 0 atom stereocenters. The number of anilines is 1. The molecule has 1 aromatic rings. The zero-order chi connectivity index (χ0) is 14.8. The molecule has 0 bridgehead atoms. The van der Waals surface area contributed by atoms with Crippen LogP contribution >= 0.6 is 0 Å². The first-order valence-corrected chi connectivity index (χ1v) is 6.91. The summed E-state index contributed by atoms with van der Waals surface area (Å²) in [5.74, 6) is -0.697. The molecular formula is C15H19FN2O2. The Morgan fingerprint density at radius 2 is 2.00 bits per heavy atom. The van der Waals surface area contributed by atoms with Crippen LogP contribution in [0.25, 0.3) is 0 Å². The first-order valence-electron chi connectivity index (χ1n) is 6.91. The highest BCUT2D eigenvalue weighted by atomic mass is 19.1. The fourth-order valence-electron chi connectivity index (χ4n) is 2.58. The second-order valence-corrected chi connectivity index (χ2v) is 5.02. The normalized spacial score (nSPS) is 18.6. The van der Waals surface area contributed by atoms with Gasteiger partial charge in [0.25, 0.3) is 5.91 Å². The Morgan fingerprint density at radius 1 is 1.30 bits per heavy atom. The van der Waals surface area contributed by atoms with Gasteiger partial charge < -0.3 is 10.2 Å². The molecule has 108 valence electrons. The largest absolute Gasteiger partial charge is 0.342 e. The SMILES string of the molecule is CCC1(CC)NC(=O)CCN(c2cccc(F)c2)C1=O. The Balaban J connectivity index is 2.42. The van der Waals surface area contributed by atoms with Crippen LogP contribution in [0.4, 0.5) is 10.1 Å². The van der Waals surface area contributed by atoms with Crippen LogP contribution in [0.2, 0.25) is 0 Å². The van der Waals surface area contributed by atoms with Crippen molar-refractivity contribution in [2.75, 3.05) is 11.4 Å². The summed E-state index contributed by atoms with van der Waals surface area (Å²) in [5, 5.41) is 2.83. The monoisotopic (exact) mass is 278 g/mol. The van der Waals surface area contributed by atoms with Crippen molar-refractivity contribution in [2.24, 2.45) is 0 Å². The number of hydrogen-bond donors (Lipinski definition) is 1. The second kappa shape index (κ2) is 5.61. The van der Waals surface area contributed by atoms with E-state index in [1.807, 2.05) is 13.8 Å². The molecule has 0 aliphatic carbocycles. The minimum absolute atomic E-state index is 0.138. The summed E-state index contributed by atoms with van der Waals surface area (Å²) in [7, 11) is 0. The molecule has 0 unspecified atom stereocenters. The van der Waals surface area contributed by atoms with E-state index in [9.17, 15) is 14.0 Å². The van der Waals surface area contributed by atoms with Gasteiger partial charge in [0.2, 0.25) is 5.91 Å². The predicted octanol–water partition coefficient (Wildman–Crippen LogP) is 2.24. The molecule has 0 saturated carbocycles. The van der Waals surface area contributed by atoms with Crippen molar-refractivity contribution < 1.29 is 14.0 Å². The first-order chi connectivity index (χ1) is 9.52. The van der Waals surface area contributed by atoms with Gasteiger partial charge in [-0.05, 0) is 31.0 Å². The Labute approximate surface area is 118 Å². The smallest absolute Gasteiger partial charge is 0.252 e. The van der Waals surface area contributed by atoms with Crippen LogP contribution in [-0.4, -0.2) is 23.9 Å². The number of amides is 2. The van der Waals surface area contributed by atoms with Crippen molar-refractivity contribution >= 4 is 17.5 Å². The highest BCUT2D eigenvalue weighted by Gasteiger charge is 2.42. The van der Waals surface area contributed by atoms with Crippen LogP contribution in [0, 0.1) is 5.82 Å². The number of nitrogens with zero attached hydrogens (tertiary/aromatic N) is 1. The molecule has 20 heavy (non-hydrogen) atoms. The Kier molecular flexibility index (Phi) is 4.06. The van der Waals surface area contributed by atoms with E-state index in [0.717, 1.165) is 0 Å². The molecular weight excluding hydrogens is 259 g/mol. The van der Waals surface area contributed by atoms with Gasteiger partial charge in [0.05, 0.1) is 0 Å². The third-order valence-electron chi connectivity index (χ3n) is 3.92. The van der Waals surface area contributed by atoms with Gasteiger partial charge in [0.15, 0.2) is 0 Å². The number of carbonyl (C=O) groups is 2. The zero-order valence-electron chi connectivity index (χ0n) is 11.8. The number of halogens is 1. The number of nitrogens with one attached hydrogen (secondary N) is 1. The quantitative estimate of drug-likeness (QED) is 0.921. The molecule has 1 heterocycles. The van der Waals surface area contributed by atoms with E-state index < -0.39 is 11.4 Å². The van der Waals surface area contributed by atoms with Crippen molar-refractivity contribution in [3.63, 3.8) is 0 Å². The van der Waals surface area contributed by atoms with E-state index in [1.54, 1.807) is 12.1 Å². The van der Waals surface area contributed by atoms with Gasteiger partial charge in [-0.15, -0.1) is 0 Å². The van der Waals surface area contributed by atoms with Crippen molar-refractivity contribution in [1.82, 2.24) is 5.32 Å². The molecule has 0 radical (unpaired) electrons. The van der Waals surface area contributed by atoms with Gasteiger partial charge in [-0.3, -0.25) is 9.59 Å². The number of hydrogen-bond acceptors (Lipinski definition) is 2. The number of rotatable bonds is 3. The molecule has 2 amide bonds. The maximum Gasteiger partial charge on any atom is 0.252 e. The third-order valence-corrected chi connectivity index (χ3v) is 3.92. The first kappa shape index (κ1) is 14.5. The Bertz CT molecular complexity index is 526. The fourth-order valence-corrected chi connectivity index (χ4v) is 2.58. The maximum absolute atomic E-state index is 13.4. The Morgan fingerprint density at radius 3 is 2.60 bits per heavy atom. The standard InChI is InChI=1S/C15H19FN2O2/c1-3-15(4-2)14(20)18(9-8-13(19)17-15)12-7-5-6-11(16)10-12/h5-7,10H,3-4,8-9H2,1-2H3,(H,17,19). The van der Waals surface area contributed by atoms with E-state index in [4.69, 9.17) is 0 Å². The van der Waals surface area contributed by atoms with Gasteiger partial charge in [-0.1, -0.05) is 19.9 Å². The molecule has 5 heteroatoms. The van der Waals surface area contributed by atoms with Gasteiger partial charge in [0, 0.05) is 18.7 Å². The third kappa shape index (κ3) is 2.53. The predicted molar refractivity (Wildman–Crippen MR) is 74.8 cm³/mol. The average Bonchev–Trinajstić information content (AvgIpc) is 2.56. The van der Waals surface area contributed by atoms with E-state index in [2.05, 4.69) is 5.32 Å². The number of benzene rings is 1. The molecule has 1 N–H and O–H groups in total. The topological polar surface area (TPSA) is 49.4 Å². The molecule has 1 aromatic carbocycles. The summed E-state index contributed by atoms with van der Waals surface area (Å²) in [6, 6.07) is 5.91. The maximum atomic E-state index is 13.4. The molecule has 4 nitrogen and oxygen atoms in total. The molecule has 1 aliphatic rings. The average molecular weight is 278 g/mol. The molecule has 1 aliphatic heterocycles. The van der Waals surface area contributed by atoms with Crippen molar-refractivity contribution in [2.45, 2.75) is 38.6 Å². The van der Waals surface area contributed by atoms with Crippen molar-refractivity contribution in [3.05, 3.63) is 30.1 Å². The minimum Gasteiger partial charge on any atom is -0.342 e. The lowest BCUT2D eigenvalue weighted by molar-refractivity contribution is -0.130. The van der Waals surface area contributed by atoms with Crippen molar-refractivity contribution in [1.29, 1.82) is 0 Å². The molecule has 2 rings (SSSR count). The lowest BCUT2D eigenvalue weighted by Crippen LogP contribution is -2.56. The summed E-state index contributed by atoms with van der Waals surface area (Å²) in [5.41, 5.74) is -0.391. The molecule has 0 aromatic heterocycles. The minimum atomic E-state index is -0.889. The lowest BCUT2D eigenvalue weighted by atomic mass is 9.91. The summed E-state index contributed by atoms with van der Waals surface area (Å²) in [6.07, 6.45) is 1.25. The summed E-state index contributed by atoms with van der Waals surface area (Å²) in [6.45, 7) is 4.02. The van der Waals surface area contributed by atoms with E-state index in [0.29, 0.717) is 18.5 Å². The van der Waals surface area contributed by atoms with Gasteiger partial charge in [0.1, 0.15) is 11.4 Å². The summed E-state index contributed by atoms with van der Waals surface area (Å²) < 4.78 is 13.4. The second-order valence-electron chi connectivity index (χ2n) is 5.02. The van der Waals surface area contributed by atoms with E-state index in [1.165, 1.54) is 17.0 Å². The van der Waals surface area contributed by atoms with Crippen LogP contribution in [0.15, 0.2) is 24.3 Å². The molecule has 1 fully saturated rings. The van der Waals surface area contributed by atoms with Gasteiger partial charge in [-0.25, -0.2) is 4.39 Å². The fraction of sp³-hybridized carbons (Fsp3) is 0.467. The van der Waals surface area contributed by atoms with E-state index >= 15 is 0 Å². The van der Waals surface area contributed by atoms with Crippen LogP contribution in [0.5, 0.6) is 0 Å². The number of carbonyl (C=O) groups excluding carboxylic acids is 2. The zero-order valence-corrected chi connectivity index (χ0v) is 11.8. The lowest BCUT2D eigenvalue weighted by Gasteiger charge is -2.33. The van der Waals surface area contributed by atoms with Crippen molar-refractivity contribution in [3.8, 4) is 0 Å². The Hall–Kier alpha value is -1.91. The van der Waals surface area contributed by atoms with Crippen LogP contribution < -0.4 is 10.2 Å². The highest BCUT2D eigenvalue weighted by Crippen LogP contribution is 2.26. The molecule has 1 saturated heterocycles. The highest BCUT2D eigenvalue weighted by molar-refractivity contribution is 6.04. The van der Waals surface area contributed by atoms with Crippen LogP contribution in [0.1, 0.15) is 33.1 Å². The molecule has 0 spiro atoms. The van der Waals surface area contributed by atoms with Gasteiger partial charge >= 0.3 is 0 Å². The summed E-state index contributed by atoms with van der Waals surface area (Å²) >= 11 is 0. The van der Waals surface area contributed by atoms with Gasteiger partial charge in [-0.2, -0.15) is 0 Å². The summed E-state index contributed by atoms with van der Waals surface area (Å²) in [4.78, 5) is 26.1.